The largest absolute Gasteiger partial charge is 0.367 e. The number of carbonyl (C=O) groups is 3. The molecule has 0 radical (unpaired) electrons. The van der Waals surface area contributed by atoms with Crippen LogP contribution in [0.1, 0.15) is 47.3 Å². The Morgan fingerprint density at radius 3 is 2.39 bits per heavy atom. The predicted octanol–water partition coefficient (Wildman–Crippen LogP) is 0.968. The van der Waals surface area contributed by atoms with Gasteiger partial charge in [0.2, 0.25) is 11.8 Å². The molecule has 1 aromatic rings. The summed E-state index contributed by atoms with van der Waals surface area (Å²) in [7, 11) is 0. The highest BCUT2D eigenvalue weighted by atomic mass is 32.1. The van der Waals surface area contributed by atoms with E-state index in [1.165, 1.54) is 21.8 Å². The highest BCUT2D eigenvalue weighted by Gasteiger charge is 2.31. The summed E-state index contributed by atoms with van der Waals surface area (Å²) < 4.78 is 0. The molecule has 2 rings (SSSR count). The Bertz CT molecular complexity index is 631. The van der Waals surface area contributed by atoms with Crippen LogP contribution in [0.15, 0.2) is 6.07 Å². The number of rotatable bonds is 4. The molecule has 126 valence electrons. The highest BCUT2D eigenvalue weighted by Crippen LogP contribution is 2.40. The quantitative estimate of drug-likeness (QED) is 0.711. The van der Waals surface area contributed by atoms with Gasteiger partial charge in [-0.05, 0) is 42.2 Å². The molecule has 1 aliphatic rings. The second kappa shape index (κ2) is 6.31. The van der Waals surface area contributed by atoms with E-state index in [0.717, 1.165) is 19.3 Å². The molecule has 3 amide bonds. The molecular weight excluding hydrogens is 314 g/mol. The fourth-order valence-electron chi connectivity index (χ4n) is 2.86. The van der Waals surface area contributed by atoms with E-state index in [4.69, 9.17) is 11.5 Å². The lowest BCUT2D eigenvalue weighted by molar-refractivity contribution is -0.128. The third-order valence-electron chi connectivity index (χ3n) is 4.38. The number of hydrogen-bond donors (Lipinski definition) is 3. The van der Waals surface area contributed by atoms with Crippen LogP contribution in [0.5, 0.6) is 0 Å². The molecule has 0 fully saturated rings. The molecule has 5 N–H and O–H groups in total. The van der Waals surface area contributed by atoms with Gasteiger partial charge in [0.1, 0.15) is 0 Å². The van der Waals surface area contributed by atoms with Crippen LogP contribution in [0.2, 0.25) is 0 Å². The van der Waals surface area contributed by atoms with Crippen LogP contribution >= 0.6 is 11.3 Å². The lowest BCUT2D eigenvalue weighted by Crippen LogP contribution is -2.52. The SMILES string of the molecule is CC(C)(C)C1CCc2sc(C(=O)NC(C(N)=O)C(N)=O)cc2C1. The van der Waals surface area contributed by atoms with E-state index in [1.807, 2.05) is 6.07 Å². The van der Waals surface area contributed by atoms with Gasteiger partial charge in [-0.25, -0.2) is 0 Å². The van der Waals surface area contributed by atoms with Crippen LogP contribution in [-0.2, 0) is 22.4 Å². The third-order valence-corrected chi connectivity index (χ3v) is 5.61. The minimum atomic E-state index is -1.48. The predicted molar refractivity (Wildman–Crippen MR) is 88.9 cm³/mol. The van der Waals surface area contributed by atoms with Gasteiger partial charge in [0.15, 0.2) is 6.04 Å². The van der Waals surface area contributed by atoms with Gasteiger partial charge < -0.3 is 16.8 Å². The molecule has 7 heteroatoms. The highest BCUT2D eigenvalue weighted by molar-refractivity contribution is 7.14. The summed E-state index contributed by atoms with van der Waals surface area (Å²) in [6.45, 7) is 6.69. The van der Waals surface area contributed by atoms with Gasteiger partial charge in [0.25, 0.3) is 5.91 Å². The van der Waals surface area contributed by atoms with Gasteiger partial charge in [-0.15, -0.1) is 11.3 Å². The zero-order valence-electron chi connectivity index (χ0n) is 13.6. The molecule has 0 aromatic carbocycles. The molecule has 6 nitrogen and oxygen atoms in total. The molecule has 1 unspecified atom stereocenters. The van der Waals surface area contributed by atoms with Crippen LogP contribution in [0.3, 0.4) is 0 Å². The number of primary amides is 2. The number of carbonyl (C=O) groups excluding carboxylic acids is 3. The summed E-state index contributed by atoms with van der Waals surface area (Å²) >= 11 is 1.41. The summed E-state index contributed by atoms with van der Waals surface area (Å²) in [6, 6.07) is 0.371. The Morgan fingerprint density at radius 2 is 1.87 bits per heavy atom. The summed E-state index contributed by atoms with van der Waals surface area (Å²) in [4.78, 5) is 36.3. The van der Waals surface area contributed by atoms with E-state index in [9.17, 15) is 14.4 Å². The van der Waals surface area contributed by atoms with Crippen molar-refractivity contribution in [2.24, 2.45) is 22.8 Å². The molecule has 0 aliphatic heterocycles. The zero-order chi connectivity index (χ0) is 17.4. The average molecular weight is 337 g/mol. The summed E-state index contributed by atoms with van der Waals surface area (Å²) in [5, 5.41) is 2.31. The van der Waals surface area contributed by atoms with E-state index in [2.05, 4.69) is 26.1 Å². The molecule has 0 spiro atoms. The monoisotopic (exact) mass is 337 g/mol. The van der Waals surface area contributed by atoms with Gasteiger partial charge in [-0.3, -0.25) is 14.4 Å². The normalized spacial score (nSPS) is 17.7. The third kappa shape index (κ3) is 3.90. The number of thiophene rings is 1. The Labute approximate surface area is 139 Å². The average Bonchev–Trinajstić information content (AvgIpc) is 2.85. The summed E-state index contributed by atoms with van der Waals surface area (Å²) in [6.07, 6.45) is 2.99. The number of nitrogens with two attached hydrogens (primary N) is 2. The van der Waals surface area contributed by atoms with Gasteiger partial charge in [0.05, 0.1) is 4.88 Å². The Hall–Kier alpha value is -1.89. The van der Waals surface area contributed by atoms with Crippen molar-refractivity contribution in [3.05, 3.63) is 21.4 Å². The number of aryl methyl sites for hydroxylation is 1. The van der Waals surface area contributed by atoms with Crippen molar-refractivity contribution in [2.75, 3.05) is 0 Å². The van der Waals surface area contributed by atoms with Gasteiger partial charge in [-0.1, -0.05) is 20.8 Å². The van der Waals surface area contributed by atoms with Crippen molar-refractivity contribution >= 4 is 29.1 Å². The molecule has 23 heavy (non-hydrogen) atoms. The maximum atomic E-state index is 12.2. The van der Waals surface area contributed by atoms with Crippen molar-refractivity contribution in [3.8, 4) is 0 Å². The van der Waals surface area contributed by atoms with Gasteiger partial charge in [-0.2, -0.15) is 0 Å². The van der Waals surface area contributed by atoms with E-state index < -0.39 is 23.8 Å². The maximum Gasteiger partial charge on any atom is 0.262 e. The lowest BCUT2D eigenvalue weighted by Gasteiger charge is -2.33. The molecular formula is C16H23N3O3S. The number of amides is 3. The first-order valence-electron chi connectivity index (χ1n) is 7.60. The van der Waals surface area contributed by atoms with Crippen LogP contribution in [0.4, 0.5) is 0 Å². The fraction of sp³-hybridized carbons (Fsp3) is 0.562. The van der Waals surface area contributed by atoms with E-state index >= 15 is 0 Å². The van der Waals surface area contributed by atoms with Gasteiger partial charge in [0, 0.05) is 4.88 Å². The van der Waals surface area contributed by atoms with E-state index in [1.54, 1.807) is 0 Å². The molecule has 0 saturated heterocycles. The second-order valence-corrected chi connectivity index (χ2v) is 8.21. The Balaban J connectivity index is 2.15. The van der Waals surface area contributed by atoms with Crippen molar-refractivity contribution in [1.29, 1.82) is 0 Å². The van der Waals surface area contributed by atoms with Gasteiger partial charge >= 0.3 is 0 Å². The Kier molecular flexibility index (Phi) is 4.79. The molecule has 1 aliphatic carbocycles. The van der Waals surface area contributed by atoms with E-state index in [0.29, 0.717) is 10.8 Å². The molecule has 1 heterocycles. The van der Waals surface area contributed by atoms with Crippen LogP contribution in [0, 0.1) is 11.3 Å². The first-order chi connectivity index (χ1) is 10.6. The topological polar surface area (TPSA) is 115 Å². The molecule has 0 saturated carbocycles. The molecule has 1 atom stereocenters. The Morgan fingerprint density at radius 1 is 1.26 bits per heavy atom. The number of nitrogens with one attached hydrogen (secondary N) is 1. The second-order valence-electron chi connectivity index (χ2n) is 7.08. The van der Waals surface area contributed by atoms with Crippen molar-refractivity contribution in [1.82, 2.24) is 5.32 Å². The molecule has 0 bridgehead atoms. The van der Waals surface area contributed by atoms with Crippen LogP contribution in [-0.4, -0.2) is 23.8 Å². The number of fused-ring (bicyclic) bond motifs is 1. The minimum absolute atomic E-state index is 0.227. The van der Waals surface area contributed by atoms with Crippen molar-refractivity contribution < 1.29 is 14.4 Å². The maximum absolute atomic E-state index is 12.2. The number of hydrogen-bond acceptors (Lipinski definition) is 4. The van der Waals surface area contributed by atoms with Crippen molar-refractivity contribution in [2.45, 2.75) is 46.1 Å². The lowest BCUT2D eigenvalue weighted by atomic mass is 9.72. The van der Waals surface area contributed by atoms with Crippen molar-refractivity contribution in [3.63, 3.8) is 0 Å². The standard InChI is InChI=1S/C16H23N3O3S/c1-16(2,3)9-4-5-10-8(6-9)7-11(23-10)15(22)19-12(13(17)20)14(18)21/h7,9,12H,4-6H2,1-3H3,(H2,17,20)(H2,18,21)(H,19,22). The zero-order valence-corrected chi connectivity index (χ0v) is 14.5. The fourth-order valence-corrected chi connectivity index (χ4v) is 3.97. The molecule has 1 aromatic heterocycles. The van der Waals surface area contributed by atoms with Crippen LogP contribution < -0.4 is 16.8 Å². The first-order valence-corrected chi connectivity index (χ1v) is 8.42. The summed E-state index contributed by atoms with van der Waals surface area (Å²) in [5.41, 5.74) is 11.6. The smallest absolute Gasteiger partial charge is 0.262 e. The first kappa shape index (κ1) is 17.5. The minimum Gasteiger partial charge on any atom is -0.367 e. The van der Waals surface area contributed by atoms with Crippen LogP contribution in [0.25, 0.3) is 0 Å². The van der Waals surface area contributed by atoms with E-state index in [-0.39, 0.29) is 5.41 Å². The summed E-state index contributed by atoms with van der Waals surface area (Å²) in [5.74, 6) is -1.83.